The molecule has 0 aromatic carbocycles. The summed E-state index contributed by atoms with van der Waals surface area (Å²) in [7, 11) is 0. The van der Waals surface area contributed by atoms with E-state index in [-0.39, 0.29) is 33.6 Å². The van der Waals surface area contributed by atoms with Gasteiger partial charge in [0, 0.05) is 12.8 Å². The van der Waals surface area contributed by atoms with Crippen molar-refractivity contribution in [3.8, 4) is 0 Å². The second kappa shape index (κ2) is 16.9. The Kier molecular flexibility index (Phi) is 22.0. The van der Waals surface area contributed by atoms with Gasteiger partial charge in [0.05, 0.1) is 6.67 Å². The average Bonchev–Trinajstić information content (AvgIpc) is 2.97. The Hall–Kier alpha value is -0.511. The molecule has 0 aromatic rings. The molecule has 0 amide bonds. The summed E-state index contributed by atoms with van der Waals surface area (Å²) in [5, 5.41) is 15.2. The van der Waals surface area contributed by atoms with Gasteiger partial charge < -0.3 is 18.2 Å². The summed E-state index contributed by atoms with van der Waals surface area (Å²) < 4.78 is 0. The second-order valence-electron chi connectivity index (χ2n) is 2.46. The van der Waals surface area contributed by atoms with Gasteiger partial charge in [-0.25, -0.2) is 6.21 Å². The van der Waals surface area contributed by atoms with Crippen LogP contribution in [0.3, 0.4) is 0 Å². The fourth-order valence-electron chi connectivity index (χ4n) is 0.855. The summed E-state index contributed by atoms with van der Waals surface area (Å²) in [4.78, 5) is 3.85. The summed E-state index contributed by atoms with van der Waals surface area (Å²) in [6.07, 6.45) is 7.49. The van der Waals surface area contributed by atoms with Crippen molar-refractivity contribution in [3.63, 3.8) is 0 Å². The van der Waals surface area contributed by atoms with Crippen molar-refractivity contribution in [1.82, 2.24) is 5.32 Å². The molecule has 0 aromatic heterocycles. The Morgan fingerprint density at radius 2 is 2.19 bits per heavy atom. The van der Waals surface area contributed by atoms with Crippen LogP contribution >= 0.6 is 0 Å². The zero-order valence-electron chi connectivity index (χ0n) is 10.2. The summed E-state index contributed by atoms with van der Waals surface area (Å²) >= 11 is 0. The van der Waals surface area contributed by atoms with E-state index in [2.05, 4.69) is 15.6 Å². The molecule has 94 valence electrons. The molecule has 0 radical (unpaired) electrons. The first-order valence-electron chi connectivity index (χ1n) is 4.95. The van der Waals surface area contributed by atoms with Crippen LogP contribution in [-0.2, 0) is 20.1 Å². The van der Waals surface area contributed by atoms with Crippen LogP contribution in [0.1, 0.15) is 20.3 Å². The molecule has 0 spiro atoms. The first-order chi connectivity index (χ1) is 6.93. The summed E-state index contributed by atoms with van der Waals surface area (Å²) in [6.45, 7) is 5.78. The van der Waals surface area contributed by atoms with E-state index in [1.165, 1.54) is 0 Å². The molecular formula is C11H21IrN4. The van der Waals surface area contributed by atoms with E-state index in [4.69, 9.17) is 5.41 Å². The van der Waals surface area contributed by atoms with Crippen LogP contribution in [0.5, 0.6) is 0 Å². The van der Waals surface area contributed by atoms with E-state index in [1.807, 2.05) is 26.1 Å². The summed E-state index contributed by atoms with van der Waals surface area (Å²) in [6, 6.07) is 0.0417. The van der Waals surface area contributed by atoms with Gasteiger partial charge in [0.15, 0.2) is 0 Å². The topological polar surface area (TPSA) is 60.8 Å². The van der Waals surface area contributed by atoms with E-state index < -0.39 is 0 Å². The Labute approximate surface area is 113 Å². The van der Waals surface area contributed by atoms with E-state index in [0.29, 0.717) is 0 Å². The SMILES string of the molecule is C1=NCNC1.CC.[CH3-].[Ir+3].[N-]=CC1CC=C[N-]1. The van der Waals surface area contributed by atoms with Crippen LogP contribution in [0.2, 0.25) is 0 Å². The predicted octanol–water partition coefficient (Wildman–Crippen LogP) is 2.38. The molecule has 1 atom stereocenters. The van der Waals surface area contributed by atoms with Crippen molar-refractivity contribution in [2.75, 3.05) is 13.2 Å². The molecule has 1 N–H and O–H groups in total. The maximum Gasteiger partial charge on any atom is 3.00 e. The monoisotopic (exact) mass is 402 g/mol. The molecule has 2 heterocycles. The van der Waals surface area contributed by atoms with E-state index in [0.717, 1.165) is 25.8 Å². The Bertz CT molecular complexity index is 178. The molecule has 4 nitrogen and oxygen atoms in total. The minimum atomic E-state index is 0. The summed E-state index contributed by atoms with van der Waals surface area (Å²) in [5.41, 5.74) is 0. The van der Waals surface area contributed by atoms with Crippen molar-refractivity contribution < 1.29 is 20.1 Å². The van der Waals surface area contributed by atoms with Crippen LogP contribution in [-0.4, -0.2) is 31.7 Å². The van der Waals surface area contributed by atoms with Gasteiger partial charge in [-0.3, -0.25) is 10.3 Å². The van der Waals surface area contributed by atoms with Crippen LogP contribution in [0.25, 0.3) is 10.7 Å². The molecule has 16 heavy (non-hydrogen) atoms. The third kappa shape index (κ3) is 11.6. The van der Waals surface area contributed by atoms with Crippen molar-refractivity contribution in [2.24, 2.45) is 4.99 Å². The molecule has 0 aliphatic carbocycles. The molecule has 0 bridgehead atoms. The Morgan fingerprint density at radius 1 is 1.50 bits per heavy atom. The normalized spacial score (nSPS) is 18.8. The van der Waals surface area contributed by atoms with Crippen molar-refractivity contribution in [1.29, 1.82) is 0 Å². The molecular weight excluding hydrogens is 380 g/mol. The Morgan fingerprint density at radius 3 is 2.38 bits per heavy atom. The van der Waals surface area contributed by atoms with Gasteiger partial charge >= 0.3 is 20.1 Å². The second-order valence-corrected chi connectivity index (χ2v) is 2.46. The van der Waals surface area contributed by atoms with Gasteiger partial charge in [-0.2, -0.15) is 6.20 Å². The average molecular weight is 402 g/mol. The molecule has 2 aliphatic heterocycles. The minimum Gasteiger partial charge on any atom is -0.815 e. The van der Waals surface area contributed by atoms with Crippen LogP contribution in [0.15, 0.2) is 17.3 Å². The number of aliphatic imine (C=N–C) groups is 1. The first-order valence-corrected chi connectivity index (χ1v) is 4.95. The fraction of sp³-hybridized carbons (Fsp3) is 0.545. The first kappa shape index (κ1) is 20.8. The zero-order valence-corrected chi connectivity index (χ0v) is 12.6. The van der Waals surface area contributed by atoms with Gasteiger partial charge in [-0.1, -0.05) is 13.8 Å². The molecule has 0 fully saturated rings. The molecule has 2 aliphatic rings. The fourth-order valence-corrected chi connectivity index (χ4v) is 0.855. The zero-order chi connectivity index (χ0) is 10.6. The van der Waals surface area contributed by atoms with Crippen LogP contribution in [0.4, 0.5) is 0 Å². The molecule has 2 rings (SSSR count). The Balaban J connectivity index is -0.000000169. The van der Waals surface area contributed by atoms with Crippen molar-refractivity contribution in [3.05, 3.63) is 30.4 Å². The number of nitrogens with zero attached hydrogens (tertiary/aromatic N) is 3. The van der Waals surface area contributed by atoms with Crippen LogP contribution in [0, 0.1) is 7.43 Å². The smallest absolute Gasteiger partial charge is 0.815 e. The predicted molar refractivity (Wildman–Crippen MR) is 69.5 cm³/mol. The van der Waals surface area contributed by atoms with Crippen molar-refractivity contribution in [2.45, 2.75) is 26.3 Å². The van der Waals surface area contributed by atoms with Crippen molar-refractivity contribution >= 4 is 12.4 Å². The number of hydrogen-bond acceptors (Lipinski definition) is 2. The summed E-state index contributed by atoms with van der Waals surface area (Å²) in [5.74, 6) is 0. The maximum absolute atomic E-state index is 8.31. The molecule has 0 saturated carbocycles. The minimum absolute atomic E-state index is 0. The van der Waals surface area contributed by atoms with Gasteiger partial charge in [0.1, 0.15) is 0 Å². The van der Waals surface area contributed by atoms with Crippen LogP contribution < -0.4 is 5.32 Å². The van der Waals surface area contributed by atoms with Gasteiger partial charge in [0.2, 0.25) is 0 Å². The van der Waals surface area contributed by atoms with E-state index in [1.54, 1.807) is 6.20 Å². The largest absolute Gasteiger partial charge is 3.00 e. The van der Waals surface area contributed by atoms with Gasteiger partial charge in [0.25, 0.3) is 0 Å². The number of nitrogens with one attached hydrogen (secondary N) is 1. The van der Waals surface area contributed by atoms with E-state index >= 15 is 0 Å². The quantitative estimate of drug-likeness (QED) is 0.532. The van der Waals surface area contributed by atoms with E-state index in [9.17, 15) is 0 Å². The molecule has 5 heteroatoms. The molecule has 1 unspecified atom stereocenters. The number of rotatable bonds is 1. The standard InChI is InChI=1S/C5H6N2.C3H6N2.C2H6.CH3.Ir/c6-4-5-2-1-3-7-5;1-2-5-3-4-1;1-2;;/h1,3-5H,2H2;1,5H,2-3H2;1-2H3;1H3;/q-2;;;-1;+3. The third-order valence-electron chi connectivity index (χ3n) is 1.50. The van der Waals surface area contributed by atoms with Gasteiger partial charge in [-0.05, 0) is 6.42 Å². The number of hydrogen-bond donors (Lipinski definition) is 1. The van der Waals surface area contributed by atoms with Gasteiger partial charge in [-0.15, -0.1) is 12.1 Å². The molecule has 0 saturated heterocycles. The third-order valence-corrected chi connectivity index (χ3v) is 1.50. The maximum atomic E-state index is 8.31.